The molecular formula is C11H5Cl2O5PW. The fourth-order valence-corrected chi connectivity index (χ4v) is 3.11. The molecule has 0 unspecified atom stereocenters. The van der Waals surface area contributed by atoms with E-state index in [9.17, 15) is 0 Å². The second-order valence-electron chi connectivity index (χ2n) is 1.80. The molecular weight excluding hydrogens is 498 g/mol. The predicted octanol–water partition coefficient (Wildman–Crippen LogP) is 2.91. The van der Waals surface area contributed by atoms with E-state index in [0.29, 0.717) is 0 Å². The molecule has 0 aromatic heterocycles. The Morgan fingerprint density at radius 3 is 1.10 bits per heavy atom. The third-order valence-corrected chi connectivity index (χ3v) is 5.40. The number of hydrogen-bond donors (Lipinski definition) is 0. The van der Waals surface area contributed by atoms with Gasteiger partial charge < -0.3 is 0 Å². The van der Waals surface area contributed by atoms with E-state index in [1.807, 2.05) is 30.3 Å². The van der Waals surface area contributed by atoms with Crippen LogP contribution in [0.1, 0.15) is 0 Å². The Labute approximate surface area is 136 Å². The molecule has 0 radical (unpaired) electrons. The van der Waals surface area contributed by atoms with Crippen molar-refractivity contribution < 1.29 is 42.1 Å². The minimum atomic E-state index is -1.74. The van der Waals surface area contributed by atoms with Gasteiger partial charge in [-0.15, -0.1) is 0 Å². The first kappa shape index (κ1) is 31.8. The van der Waals surface area contributed by atoms with Gasteiger partial charge in [-0.3, -0.25) is 0 Å². The third-order valence-electron chi connectivity index (χ3n) is 1.06. The Morgan fingerprint density at radius 1 is 0.700 bits per heavy atom. The summed E-state index contributed by atoms with van der Waals surface area (Å²) in [6, 6.07) is 9.82. The van der Waals surface area contributed by atoms with Crippen LogP contribution in [0.3, 0.4) is 0 Å². The van der Waals surface area contributed by atoms with Crippen molar-refractivity contribution in [1.82, 2.24) is 0 Å². The van der Waals surface area contributed by atoms with Crippen molar-refractivity contribution in [2.75, 3.05) is 0 Å². The molecule has 0 amide bonds. The molecule has 0 bridgehead atoms. The molecule has 0 aliphatic rings. The van der Waals surface area contributed by atoms with Gasteiger partial charge in [0.05, 0.1) is 0 Å². The zero-order chi connectivity index (χ0) is 17.6. The van der Waals surface area contributed by atoms with E-state index in [4.69, 9.17) is 45.7 Å². The summed E-state index contributed by atoms with van der Waals surface area (Å²) in [5.74, 6) is 0. The van der Waals surface area contributed by atoms with Gasteiger partial charge in [-0.25, -0.2) is 0 Å². The van der Waals surface area contributed by atoms with Crippen molar-refractivity contribution in [3.63, 3.8) is 0 Å². The second kappa shape index (κ2) is 31.2. The molecule has 0 spiro atoms. The van der Waals surface area contributed by atoms with Crippen LogP contribution in [0.2, 0.25) is 0 Å². The van der Waals surface area contributed by atoms with Gasteiger partial charge in [0.25, 0.3) is 0 Å². The van der Waals surface area contributed by atoms with E-state index in [0.717, 1.165) is 5.30 Å². The zero-order valence-electron chi connectivity index (χ0n) is 9.54. The van der Waals surface area contributed by atoms with Gasteiger partial charge in [-0.2, -0.15) is 0 Å². The average molecular weight is 503 g/mol. The van der Waals surface area contributed by atoms with E-state index in [1.165, 1.54) is 18.8 Å². The summed E-state index contributed by atoms with van der Waals surface area (Å²) in [5.41, 5.74) is 0. The Hall–Kier alpha value is -0.382. The van der Waals surface area contributed by atoms with E-state index in [-0.39, 0.29) is 0 Å². The summed E-state index contributed by atoms with van der Waals surface area (Å²) in [5, 5.41) is 1.08. The fourth-order valence-electron chi connectivity index (χ4n) is 0.602. The Bertz CT molecular complexity index is 413. The Kier molecular flexibility index (Phi) is 49.6. The van der Waals surface area contributed by atoms with Crippen molar-refractivity contribution in [3.05, 3.63) is 63.6 Å². The van der Waals surface area contributed by atoms with E-state index >= 15 is 0 Å². The zero-order valence-corrected chi connectivity index (χ0v) is 14.9. The van der Waals surface area contributed by atoms with Crippen LogP contribution in [-0.2, 0) is 42.1 Å². The van der Waals surface area contributed by atoms with E-state index in [1.54, 1.807) is 0 Å². The van der Waals surface area contributed by atoms with Crippen molar-refractivity contribution in [3.8, 4) is 0 Å². The number of benzene rings is 1. The molecule has 0 N–H and O–H groups in total. The molecule has 0 saturated heterocycles. The van der Waals surface area contributed by atoms with Crippen LogP contribution in [0.5, 0.6) is 0 Å². The van der Waals surface area contributed by atoms with E-state index in [2.05, 4.69) is 33.3 Å². The van der Waals surface area contributed by atoms with Crippen LogP contribution in [0.25, 0.3) is 0 Å². The minimum absolute atomic E-state index is 1.08. The van der Waals surface area contributed by atoms with Crippen LogP contribution in [-0.4, -0.2) is 0 Å². The summed E-state index contributed by atoms with van der Waals surface area (Å²) >= 11 is 13.2. The normalized spacial score (nSPS) is 6.20. The van der Waals surface area contributed by atoms with E-state index < -0.39 is 3.60 Å². The number of halogens is 2. The second-order valence-corrected chi connectivity index (χ2v) is 17.5. The molecule has 1 rings (SSSR count). The summed E-state index contributed by atoms with van der Waals surface area (Å²) in [6.07, 6.45) is 0. The fraction of sp³-hybridized carbons (Fsp3) is 0. The molecule has 9 heteroatoms. The standard InChI is InChI=1S/C6H5Cl2P.5CO.W/c7-9(8)6-4-2-1-3-5-6;5*1-2;/h1-5H;;;;;;. The van der Waals surface area contributed by atoms with Crippen molar-refractivity contribution in [1.29, 1.82) is 0 Å². The Balaban J connectivity index is -0.0000000639. The van der Waals surface area contributed by atoms with Crippen molar-refractivity contribution in [2.24, 2.45) is 0 Å². The van der Waals surface area contributed by atoms with Gasteiger partial charge in [0, 0.05) is 0 Å². The molecule has 20 heavy (non-hydrogen) atoms. The van der Waals surface area contributed by atoms with Gasteiger partial charge in [0.1, 0.15) is 0 Å². The van der Waals surface area contributed by atoms with Crippen LogP contribution < -0.4 is 5.30 Å². The number of rotatable bonds is 1. The van der Waals surface area contributed by atoms with Crippen LogP contribution in [0.4, 0.5) is 0 Å². The quantitative estimate of drug-likeness (QED) is 0.320. The topological polar surface area (TPSA) is 99.5 Å². The summed E-state index contributed by atoms with van der Waals surface area (Å²) in [4.78, 5) is 0. The monoisotopic (exact) mass is 502 g/mol. The third kappa shape index (κ3) is 26.2. The SMILES string of the molecule is Cl[P](Cl)(=[W])c1ccccc1.[C-]#[O+].[C-]#[O+].[C-]#[O+].[C-]#[O+].[C-]#[O+]. The van der Waals surface area contributed by atoms with Crippen LogP contribution in [0, 0.1) is 33.3 Å². The molecule has 0 saturated carbocycles. The van der Waals surface area contributed by atoms with Gasteiger partial charge >= 0.3 is 137 Å². The molecule has 5 nitrogen and oxygen atoms in total. The predicted molar refractivity (Wildman–Crippen MR) is 64.3 cm³/mol. The van der Waals surface area contributed by atoms with Crippen LogP contribution in [0.15, 0.2) is 30.3 Å². The van der Waals surface area contributed by atoms with Gasteiger partial charge in [-0.05, 0) is 0 Å². The average Bonchev–Trinajstić information content (AvgIpc) is 2.57. The molecule has 1 aromatic carbocycles. The molecule has 0 fully saturated rings. The summed E-state index contributed by atoms with van der Waals surface area (Å²) < 4.78 is 35.8. The molecule has 104 valence electrons. The molecule has 0 atom stereocenters. The van der Waals surface area contributed by atoms with Crippen LogP contribution >= 0.6 is 26.1 Å². The molecule has 0 aliphatic carbocycles. The first-order chi connectivity index (χ1) is 9.61. The van der Waals surface area contributed by atoms with Gasteiger partial charge in [0.15, 0.2) is 0 Å². The molecule has 0 aliphatic heterocycles. The first-order valence-electron chi connectivity index (χ1n) is 3.68. The molecule has 1 aromatic rings. The molecule has 0 heterocycles. The summed E-state index contributed by atoms with van der Waals surface area (Å²) in [6.45, 7) is 22.5. The summed E-state index contributed by atoms with van der Waals surface area (Å²) in [7, 11) is 0. The Morgan fingerprint density at radius 2 is 0.950 bits per heavy atom. The van der Waals surface area contributed by atoms with Crippen molar-refractivity contribution >= 4 is 31.4 Å². The van der Waals surface area contributed by atoms with Gasteiger partial charge in [-0.1, -0.05) is 0 Å². The van der Waals surface area contributed by atoms with Crippen molar-refractivity contribution in [2.45, 2.75) is 0 Å². The maximum absolute atomic E-state index is 7.50. The maximum atomic E-state index is 7.50. The van der Waals surface area contributed by atoms with Gasteiger partial charge in [0.2, 0.25) is 0 Å². The first-order valence-corrected chi connectivity index (χ1v) is 11.1. The number of hydrogen-bond acceptors (Lipinski definition) is 0.